The van der Waals surface area contributed by atoms with Crippen molar-refractivity contribution in [2.75, 3.05) is 36.0 Å². The quantitative estimate of drug-likeness (QED) is 0.211. The fourth-order valence-electron chi connectivity index (χ4n) is 6.41. The predicted molar refractivity (Wildman–Crippen MR) is 171 cm³/mol. The zero-order valence-corrected chi connectivity index (χ0v) is 25.0. The monoisotopic (exact) mass is 569 g/mol. The maximum absolute atomic E-state index is 14.3. The van der Waals surface area contributed by atoms with Crippen molar-refractivity contribution in [1.29, 1.82) is 5.26 Å². The summed E-state index contributed by atoms with van der Waals surface area (Å²) >= 11 is 0. The highest BCUT2D eigenvalue weighted by atomic mass is 16.5. The largest absolute Gasteiger partial charge is 0.456 e. The third-order valence-electron chi connectivity index (χ3n) is 8.61. The number of anilines is 2. The van der Waals surface area contributed by atoms with Crippen LogP contribution in [0.1, 0.15) is 65.9 Å². The molecule has 0 radical (unpaired) electrons. The minimum atomic E-state index is -1.04. The Balaban J connectivity index is 1.62. The number of ether oxygens (including phenoxy) is 1. The molecule has 0 aliphatic carbocycles. The molecule has 0 bridgehead atoms. The van der Waals surface area contributed by atoms with E-state index in [0.717, 1.165) is 59.8 Å². The van der Waals surface area contributed by atoms with Crippen molar-refractivity contribution in [2.45, 2.75) is 33.2 Å². The van der Waals surface area contributed by atoms with E-state index >= 15 is 0 Å². The van der Waals surface area contributed by atoms with E-state index in [9.17, 15) is 10.1 Å². The molecule has 1 spiro atoms. The number of hydrogen-bond donors (Lipinski definition) is 0. The third kappa shape index (κ3) is 4.42. The van der Waals surface area contributed by atoms with Crippen molar-refractivity contribution in [3.8, 4) is 17.6 Å². The summed E-state index contributed by atoms with van der Waals surface area (Å²) in [6.07, 6.45) is 1.69. The first kappa shape index (κ1) is 28.0. The summed E-state index contributed by atoms with van der Waals surface area (Å²) in [5.74, 6) is 1.23. The van der Waals surface area contributed by atoms with Crippen LogP contribution >= 0.6 is 0 Å². The molecule has 0 unspecified atom stereocenters. The highest BCUT2D eigenvalue weighted by molar-refractivity contribution is 6.03. The molecule has 0 fully saturated rings. The second-order valence-electron chi connectivity index (χ2n) is 10.7. The van der Waals surface area contributed by atoms with Gasteiger partial charge in [0.05, 0.1) is 17.8 Å². The zero-order valence-electron chi connectivity index (χ0n) is 25.0. The number of hydrogen-bond acceptors (Lipinski definition) is 6. The van der Waals surface area contributed by atoms with Crippen LogP contribution in [0, 0.1) is 11.3 Å². The molecule has 2 heterocycles. The van der Waals surface area contributed by atoms with Crippen molar-refractivity contribution in [2.24, 2.45) is 5.10 Å². The van der Waals surface area contributed by atoms with Gasteiger partial charge in [-0.25, -0.2) is 5.01 Å². The number of hydrazone groups is 1. The van der Waals surface area contributed by atoms with Crippen molar-refractivity contribution >= 4 is 23.5 Å². The summed E-state index contributed by atoms with van der Waals surface area (Å²) in [4.78, 5) is 18.8. The van der Waals surface area contributed by atoms with E-state index in [0.29, 0.717) is 22.6 Å². The zero-order chi connectivity index (χ0) is 30.1. The van der Waals surface area contributed by atoms with Gasteiger partial charge in [0.2, 0.25) is 0 Å². The maximum Gasteiger partial charge on any atom is 0.275 e. The van der Waals surface area contributed by atoms with Crippen LogP contribution in [0.25, 0.3) is 0 Å². The van der Waals surface area contributed by atoms with Crippen LogP contribution in [-0.4, -0.2) is 43.3 Å². The van der Waals surface area contributed by atoms with Crippen LogP contribution in [-0.2, 0) is 5.54 Å². The summed E-state index contributed by atoms with van der Waals surface area (Å²) in [6.45, 7) is 12.0. The van der Waals surface area contributed by atoms with Gasteiger partial charge >= 0.3 is 0 Å². The average molecular weight is 570 g/mol. The van der Waals surface area contributed by atoms with Gasteiger partial charge in [0, 0.05) is 71.9 Å². The number of carbonyl (C=O) groups excluding carboxylic acids is 1. The van der Waals surface area contributed by atoms with Gasteiger partial charge < -0.3 is 14.5 Å². The molecular weight excluding hydrogens is 534 g/mol. The van der Waals surface area contributed by atoms with Crippen LogP contribution in [0.5, 0.6) is 11.5 Å². The van der Waals surface area contributed by atoms with Crippen LogP contribution < -0.4 is 14.5 Å². The lowest BCUT2D eigenvalue weighted by atomic mass is 9.75. The smallest absolute Gasteiger partial charge is 0.275 e. The minimum Gasteiger partial charge on any atom is -0.456 e. The van der Waals surface area contributed by atoms with Gasteiger partial charge in [-0.05, 0) is 63.6 Å². The molecule has 0 atom stereocenters. The Morgan fingerprint density at radius 3 is 1.88 bits per heavy atom. The third-order valence-corrected chi connectivity index (χ3v) is 8.61. The number of benzene rings is 4. The highest BCUT2D eigenvalue weighted by Gasteiger charge is 2.57. The molecule has 216 valence electrons. The normalized spacial score (nSPS) is 14.2. The molecular formula is C36H35N5O2. The number of carbonyl (C=O) groups is 1. The number of nitrogens with zero attached hydrogens (tertiary/aromatic N) is 5. The van der Waals surface area contributed by atoms with Crippen molar-refractivity contribution in [3.63, 3.8) is 0 Å². The Morgan fingerprint density at radius 1 is 0.791 bits per heavy atom. The highest BCUT2D eigenvalue weighted by Crippen LogP contribution is 2.58. The first-order valence-corrected chi connectivity index (χ1v) is 14.9. The predicted octanol–water partition coefficient (Wildman–Crippen LogP) is 7.14. The lowest BCUT2D eigenvalue weighted by Crippen LogP contribution is -2.44. The van der Waals surface area contributed by atoms with Crippen LogP contribution in [0.2, 0.25) is 0 Å². The molecule has 6 rings (SSSR count). The summed E-state index contributed by atoms with van der Waals surface area (Å²) < 4.78 is 6.74. The lowest BCUT2D eigenvalue weighted by molar-refractivity contribution is 0.0675. The Kier molecular flexibility index (Phi) is 7.37. The fourth-order valence-corrected chi connectivity index (χ4v) is 6.41. The summed E-state index contributed by atoms with van der Waals surface area (Å²) in [5, 5.41) is 15.7. The van der Waals surface area contributed by atoms with Crippen molar-refractivity contribution < 1.29 is 9.53 Å². The molecule has 4 aromatic rings. The SMILES string of the molecule is CCN(CC)c1ccc2c(c1)Oc1cc(N(CC)CC)ccc1C21c2ccccc2C(=O)N1/N=C/c1ccc(C#N)cc1. The number of amides is 1. The molecule has 7 nitrogen and oxygen atoms in total. The van der Waals surface area contributed by atoms with Gasteiger partial charge in [-0.1, -0.05) is 42.5 Å². The van der Waals surface area contributed by atoms with Gasteiger partial charge in [-0.2, -0.15) is 10.4 Å². The van der Waals surface area contributed by atoms with E-state index in [-0.39, 0.29) is 5.91 Å². The van der Waals surface area contributed by atoms with Crippen LogP contribution in [0.3, 0.4) is 0 Å². The van der Waals surface area contributed by atoms with E-state index in [1.54, 1.807) is 23.4 Å². The van der Waals surface area contributed by atoms with E-state index in [2.05, 4.69) is 80.0 Å². The number of rotatable bonds is 8. The second-order valence-corrected chi connectivity index (χ2v) is 10.7. The van der Waals surface area contributed by atoms with Crippen molar-refractivity contribution in [3.05, 3.63) is 118 Å². The second kappa shape index (κ2) is 11.3. The van der Waals surface area contributed by atoms with Gasteiger partial charge in [0.1, 0.15) is 17.0 Å². The molecule has 4 aromatic carbocycles. The van der Waals surface area contributed by atoms with Crippen LogP contribution in [0.4, 0.5) is 11.4 Å². The maximum atomic E-state index is 14.3. The fraction of sp³-hybridized carbons (Fsp3) is 0.250. The molecule has 0 N–H and O–H groups in total. The Bertz CT molecular complexity index is 1690. The first-order chi connectivity index (χ1) is 21.0. The van der Waals surface area contributed by atoms with Gasteiger partial charge in [-0.3, -0.25) is 4.79 Å². The molecule has 43 heavy (non-hydrogen) atoms. The molecule has 2 aliphatic rings. The summed E-state index contributed by atoms with van der Waals surface area (Å²) in [6, 6.07) is 29.7. The minimum absolute atomic E-state index is 0.181. The lowest BCUT2D eigenvalue weighted by Gasteiger charge is -2.42. The van der Waals surface area contributed by atoms with E-state index in [1.165, 1.54) is 0 Å². The summed E-state index contributed by atoms with van der Waals surface area (Å²) in [5.41, 5.74) is 5.65. The van der Waals surface area contributed by atoms with Crippen LogP contribution in [0.15, 0.2) is 90.0 Å². The Labute approximate surface area is 253 Å². The summed E-state index contributed by atoms with van der Waals surface area (Å²) in [7, 11) is 0. The molecule has 2 aliphatic heterocycles. The Morgan fingerprint density at radius 2 is 1.35 bits per heavy atom. The average Bonchev–Trinajstić information content (AvgIpc) is 3.29. The molecule has 0 saturated heterocycles. The van der Waals surface area contributed by atoms with E-state index < -0.39 is 5.54 Å². The standard InChI is InChI=1S/C36H35N5O2/c1-5-39(6-2)27-17-19-31-33(21-27)43-34-22-28(40(7-3)8-4)18-20-32(34)36(31)30-12-10-9-11-29(30)35(42)41(36)38-24-26-15-13-25(23-37)14-16-26/h9-22,24H,5-8H2,1-4H3/b38-24+. The van der Waals surface area contributed by atoms with Gasteiger partial charge in [0.15, 0.2) is 0 Å². The topological polar surface area (TPSA) is 72.2 Å². The molecule has 0 aromatic heterocycles. The Hall–Kier alpha value is -5.09. The van der Waals surface area contributed by atoms with Gasteiger partial charge in [-0.15, -0.1) is 0 Å². The number of nitriles is 1. The van der Waals surface area contributed by atoms with Gasteiger partial charge in [0.25, 0.3) is 5.91 Å². The molecule has 1 amide bonds. The number of fused-ring (bicyclic) bond motifs is 6. The molecule has 7 heteroatoms. The van der Waals surface area contributed by atoms with E-state index in [4.69, 9.17) is 9.84 Å². The van der Waals surface area contributed by atoms with E-state index in [1.807, 2.05) is 36.4 Å². The van der Waals surface area contributed by atoms with Crippen molar-refractivity contribution in [1.82, 2.24) is 5.01 Å². The molecule has 0 saturated carbocycles. The first-order valence-electron chi connectivity index (χ1n) is 14.9.